The van der Waals surface area contributed by atoms with Crippen LogP contribution in [-0.2, 0) is 4.84 Å². The Morgan fingerprint density at radius 1 is 1.27 bits per heavy atom. The van der Waals surface area contributed by atoms with Crippen LogP contribution in [0.15, 0.2) is 0 Å². The van der Waals surface area contributed by atoms with Gasteiger partial charge in [-0.2, -0.15) is 0 Å². The van der Waals surface area contributed by atoms with Gasteiger partial charge in [0.25, 0.3) is 0 Å². The normalized spacial score (nSPS) is 35.2. The van der Waals surface area contributed by atoms with Crippen LogP contribution in [0.25, 0.3) is 0 Å². The van der Waals surface area contributed by atoms with E-state index in [-0.39, 0.29) is 6.10 Å². The van der Waals surface area contributed by atoms with Gasteiger partial charge < -0.3 is 4.84 Å². The van der Waals surface area contributed by atoms with Crippen molar-refractivity contribution in [2.24, 2.45) is 17.7 Å². The molecular formula is C9H19NO. The van der Waals surface area contributed by atoms with Gasteiger partial charge in [-0.1, -0.05) is 19.8 Å². The van der Waals surface area contributed by atoms with Crippen LogP contribution in [0.1, 0.15) is 39.5 Å². The van der Waals surface area contributed by atoms with Gasteiger partial charge in [-0.3, -0.25) is 0 Å². The summed E-state index contributed by atoms with van der Waals surface area (Å²) in [4.78, 5) is 4.82. The monoisotopic (exact) mass is 157 g/mol. The highest BCUT2D eigenvalue weighted by molar-refractivity contribution is 4.73. The number of nitrogens with two attached hydrogens (primary N) is 1. The van der Waals surface area contributed by atoms with E-state index in [0.717, 1.165) is 5.92 Å². The van der Waals surface area contributed by atoms with Crippen molar-refractivity contribution in [2.75, 3.05) is 0 Å². The standard InChI is InChI=1S/C9H19NO/c1-7-3-5-9(6-4-7)8(2)11-10/h7-9H,3-6,10H2,1-2H3. The molecule has 1 saturated carbocycles. The second-order valence-electron chi connectivity index (χ2n) is 3.86. The molecule has 1 aliphatic carbocycles. The first-order chi connectivity index (χ1) is 5.24. The van der Waals surface area contributed by atoms with E-state index in [2.05, 4.69) is 13.8 Å². The fraction of sp³-hybridized carbons (Fsp3) is 1.00. The molecule has 0 radical (unpaired) electrons. The third-order valence-electron chi connectivity index (χ3n) is 2.94. The summed E-state index contributed by atoms with van der Waals surface area (Å²) in [5, 5.41) is 0. The van der Waals surface area contributed by atoms with Crippen LogP contribution in [0.2, 0.25) is 0 Å². The van der Waals surface area contributed by atoms with E-state index in [9.17, 15) is 0 Å². The lowest BCUT2D eigenvalue weighted by atomic mass is 9.81. The van der Waals surface area contributed by atoms with Crippen LogP contribution in [0.3, 0.4) is 0 Å². The first-order valence-electron chi connectivity index (χ1n) is 4.59. The molecule has 66 valence electrons. The van der Waals surface area contributed by atoms with E-state index in [1.165, 1.54) is 25.7 Å². The van der Waals surface area contributed by atoms with Crippen molar-refractivity contribution >= 4 is 0 Å². The summed E-state index contributed by atoms with van der Waals surface area (Å²) >= 11 is 0. The van der Waals surface area contributed by atoms with Crippen LogP contribution in [0, 0.1) is 11.8 Å². The lowest BCUT2D eigenvalue weighted by molar-refractivity contribution is 0.00759. The van der Waals surface area contributed by atoms with Crippen LogP contribution in [-0.4, -0.2) is 6.10 Å². The maximum atomic E-state index is 5.14. The van der Waals surface area contributed by atoms with E-state index in [4.69, 9.17) is 10.7 Å². The van der Waals surface area contributed by atoms with Gasteiger partial charge in [-0.25, -0.2) is 5.90 Å². The number of rotatable bonds is 2. The minimum Gasteiger partial charge on any atom is -0.301 e. The lowest BCUT2D eigenvalue weighted by Gasteiger charge is -2.29. The lowest BCUT2D eigenvalue weighted by Crippen LogP contribution is -2.27. The Kier molecular flexibility index (Phi) is 3.34. The molecule has 0 bridgehead atoms. The average molecular weight is 157 g/mol. The minimum absolute atomic E-state index is 0.252. The smallest absolute Gasteiger partial charge is 0.0787 e. The highest BCUT2D eigenvalue weighted by Crippen LogP contribution is 2.30. The highest BCUT2D eigenvalue weighted by Gasteiger charge is 2.23. The first kappa shape index (κ1) is 9.01. The third-order valence-corrected chi connectivity index (χ3v) is 2.94. The maximum Gasteiger partial charge on any atom is 0.0787 e. The van der Waals surface area contributed by atoms with Crippen molar-refractivity contribution in [1.82, 2.24) is 0 Å². The van der Waals surface area contributed by atoms with E-state index in [1.54, 1.807) is 0 Å². The molecule has 2 nitrogen and oxygen atoms in total. The second kappa shape index (κ2) is 4.07. The summed E-state index contributed by atoms with van der Waals surface area (Å²) < 4.78 is 0. The molecular weight excluding hydrogens is 138 g/mol. The predicted octanol–water partition coefficient (Wildman–Crippen LogP) is 2.09. The van der Waals surface area contributed by atoms with Crippen LogP contribution in [0.4, 0.5) is 0 Å². The van der Waals surface area contributed by atoms with E-state index < -0.39 is 0 Å². The van der Waals surface area contributed by atoms with E-state index in [0.29, 0.717) is 5.92 Å². The third kappa shape index (κ3) is 2.46. The van der Waals surface area contributed by atoms with Crippen molar-refractivity contribution in [3.63, 3.8) is 0 Å². The molecule has 1 rings (SSSR count). The van der Waals surface area contributed by atoms with E-state index >= 15 is 0 Å². The summed E-state index contributed by atoms with van der Waals surface area (Å²) in [6, 6.07) is 0. The molecule has 0 saturated heterocycles. The maximum absolute atomic E-state index is 5.14. The molecule has 0 heterocycles. The fourth-order valence-electron chi connectivity index (χ4n) is 1.87. The van der Waals surface area contributed by atoms with Gasteiger partial charge in [-0.15, -0.1) is 0 Å². The average Bonchev–Trinajstić information content (AvgIpc) is 2.05. The Labute approximate surface area is 69.1 Å². The molecule has 0 spiro atoms. The molecule has 0 aromatic carbocycles. The Morgan fingerprint density at radius 2 is 1.82 bits per heavy atom. The summed E-state index contributed by atoms with van der Waals surface area (Å²) in [5.74, 6) is 6.76. The van der Waals surface area contributed by atoms with Crippen LogP contribution >= 0.6 is 0 Å². The van der Waals surface area contributed by atoms with Gasteiger partial charge >= 0.3 is 0 Å². The van der Waals surface area contributed by atoms with Gasteiger partial charge in [0.2, 0.25) is 0 Å². The Morgan fingerprint density at radius 3 is 2.27 bits per heavy atom. The molecule has 0 aromatic rings. The molecule has 0 aromatic heterocycles. The summed E-state index contributed by atoms with van der Waals surface area (Å²) in [7, 11) is 0. The fourth-order valence-corrected chi connectivity index (χ4v) is 1.87. The predicted molar refractivity (Wildman–Crippen MR) is 45.9 cm³/mol. The van der Waals surface area contributed by atoms with Crippen molar-refractivity contribution in [3.05, 3.63) is 0 Å². The molecule has 1 unspecified atom stereocenters. The zero-order valence-electron chi connectivity index (χ0n) is 7.55. The minimum atomic E-state index is 0.252. The highest BCUT2D eigenvalue weighted by atomic mass is 16.6. The summed E-state index contributed by atoms with van der Waals surface area (Å²) in [6.07, 6.45) is 5.53. The Bertz CT molecular complexity index is 108. The van der Waals surface area contributed by atoms with Gasteiger partial charge in [-0.05, 0) is 31.6 Å². The molecule has 1 fully saturated rings. The second-order valence-corrected chi connectivity index (χ2v) is 3.86. The molecule has 2 heteroatoms. The van der Waals surface area contributed by atoms with Crippen LogP contribution < -0.4 is 5.90 Å². The molecule has 1 aliphatic rings. The van der Waals surface area contributed by atoms with Crippen molar-refractivity contribution in [2.45, 2.75) is 45.6 Å². The quantitative estimate of drug-likeness (QED) is 0.623. The first-order valence-corrected chi connectivity index (χ1v) is 4.59. The molecule has 0 aliphatic heterocycles. The summed E-state index contributed by atoms with van der Waals surface area (Å²) in [6.45, 7) is 4.39. The zero-order valence-corrected chi connectivity index (χ0v) is 7.55. The SMILES string of the molecule is CC1CCC(C(C)ON)CC1. The zero-order chi connectivity index (χ0) is 8.27. The number of hydrogen-bond acceptors (Lipinski definition) is 2. The van der Waals surface area contributed by atoms with Gasteiger partial charge in [0.15, 0.2) is 0 Å². The number of hydrogen-bond donors (Lipinski definition) is 1. The molecule has 11 heavy (non-hydrogen) atoms. The topological polar surface area (TPSA) is 35.2 Å². The van der Waals surface area contributed by atoms with Crippen molar-refractivity contribution in [1.29, 1.82) is 0 Å². The van der Waals surface area contributed by atoms with Crippen LogP contribution in [0.5, 0.6) is 0 Å². The van der Waals surface area contributed by atoms with Crippen molar-refractivity contribution < 1.29 is 4.84 Å². The van der Waals surface area contributed by atoms with E-state index in [1.807, 2.05) is 0 Å². The van der Waals surface area contributed by atoms with Gasteiger partial charge in [0.05, 0.1) is 6.10 Å². The van der Waals surface area contributed by atoms with Gasteiger partial charge in [0, 0.05) is 0 Å². The molecule has 0 amide bonds. The Hall–Kier alpha value is -0.0800. The largest absolute Gasteiger partial charge is 0.301 e. The molecule has 2 N–H and O–H groups in total. The molecule has 1 atom stereocenters. The Balaban J connectivity index is 2.27. The van der Waals surface area contributed by atoms with Gasteiger partial charge in [0.1, 0.15) is 0 Å². The van der Waals surface area contributed by atoms with Crippen molar-refractivity contribution in [3.8, 4) is 0 Å². The summed E-state index contributed by atoms with van der Waals surface area (Å²) in [5.41, 5.74) is 0.